The maximum Gasteiger partial charge on any atom is 0.271 e. The average Bonchev–Trinajstić information content (AvgIpc) is 2.54. The van der Waals surface area contributed by atoms with Crippen LogP contribution >= 0.6 is 0 Å². The van der Waals surface area contributed by atoms with Gasteiger partial charge >= 0.3 is 0 Å². The number of hydrogen-bond donors (Lipinski definition) is 1. The topological polar surface area (TPSA) is 64.1 Å². The maximum atomic E-state index is 11.9. The predicted octanol–water partition coefficient (Wildman–Crippen LogP) is 2.33. The van der Waals surface area contributed by atoms with Gasteiger partial charge in [-0.1, -0.05) is 31.2 Å². The number of rotatable bonds is 7. The van der Waals surface area contributed by atoms with E-state index in [0.29, 0.717) is 18.8 Å². The van der Waals surface area contributed by atoms with Crippen molar-refractivity contribution in [2.75, 3.05) is 6.61 Å². The Labute approximate surface area is 124 Å². The molecule has 110 valence electrons. The van der Waals surface area contributed by atoms with Gasteiger partial charge in [0.1, 0.15) is 5.69 Å². The Morgan fingerprint density at radius 2 is 2.05 bits per heavy atom. The first-order chi connectivity index (χ1) is 10.3. The summed E-state index contributed by atoms with van der Waals surface area (Å²) in [5.74, 6) is -0.229. The highest BCUT2D eigenvalue weighted by Crippen LogP contribution is 2.10. The van der Waals surface area contributed by atoms with Gasteiger partial charge < -0.3 is 10.1 Å². The van der Waals surface area contributed by atoms with Crippen molar-refractivity contribution in [1.82, 2.24) is 15.3 Å². The highest BCUT2D eigenvalue weighted by molar-refractivity contribution is 5.91. The van der Waals surface area contributed by atoms with Gasteiger partial charge in [0.15, 0.2) is 0 Å². The van der Waals surface area contributed by atoms with Crippen molar-refractivity contribution < 1.29 is 9.53 Å². The molecule has 2 rings (SSSR count). The second kappa shape index (κ2) is 8.11. The van der Waals surface area contributed by atoms with Crippen LogP contribution in [0.2, 0.25) is 0 Å². The fraction of sp³-hybridized carbons (Fsp3) is 0.312. The fourth-order valence-corrected chi connectivity index (χ4v) is 1.88. The van der Waals surface area contributed by atoms with Crippen LogP contribution < -0.4 is 5.32 Å². The van der Waals surface area contributed by atoms with E-state index in [1.54, 1.807) is 0 Å². The summed E-state index contributed by atoms with van der Waals surface area (Å²) in [6, 6.07) is 7.92. The second-order valence-corrected chi connectivity index (χ2v) is 4.59. The van der Waals surface area contributed by atoms with Crippen molar-refractivity contribution in [3.63, 3.8) is 0 Å². The lowest BCUT2D eigenvalue weighted by molar-refractivity contribution is 0.0944. The number of ether oxygens (including phenoxy) is 1. The van der Waals surface area contributed by atoms with Gasteiger partial charge in [0.25, 0.3) is 5.91 Å². The van der Waals surface area contributed by atoms with Crippen LogP contribution in [0.3, 0.4) is 0 Å². The van der Waals surface area contributed by atoms with Gasteiger partial charge in [-0.2, -0.15) is 0 Å². The molecule has 21 heavy (non-hydrogen) atoms. The van der Waals surface area contributed by atoms with Crippen LogP contribution in [0.4, 0.5) is 0 Å². The molecule has 0 aliphatic rings. The Morgan fingerprint density at radius 3 is 2.76 bits per heavy atom. The van der Waals surface area contributed by atoms with E-state index in [9.17, 15) is 4.79 Å². The minimum absolute atomic E-state index is 0.229. The van der Waals surface area contributed by atoms with Gasteiger partial charge in [0, 0.05) is 25.5 Å². The van der Waals surface area contributed by atoms with Crippen LogP contribution in [-0.2, 0) is 17.9 Å². The van der Waals surface area contributed by atoms with Crippen LogP contribution in [0.15, 0.2) is 42.9 Å². The van der Waals surface area contributed by atoms with Gasteiger partial charge in [-0.05, 0) is 17.5 Å². The summed E-state index contributed by atoms with van der Waals surface area (Å²) in [5, 5.41) is 2.85. The normalized spacial score (nSPS) is 10.3. The molecule has 0 fully saturated rings. The monoisotopic (exact) mass is 285 g/mol. The number of nitrogens with zero attached hydrogens (tertiary/aromatic N) is 2. The van der Waals surface area contributed by atoms with E-state index in [0.717, 1.165) is 24.2 Å². The highest BCUT2D eigenvalue weighted by Gasteiger charge is 2.08. The first-order valence-electron chi connectivity index (χ1n) is 7.00. The molecule has 0 saturated heterocycles. The summed E-state index contributed by atoms with van der Waals surface area (Å²) in [7, 11) is 0. The lowest BCUT2D eigenvalue weighted by atomic mass is 10.1. The quantitative estimate of drug-likeness (QED) is 0.793. The van der Waals surface area contributed by atoms with Crippen molar-refractivity contribution in [3.05, 3.63) is 59.7 Å². The largest absolute Gasteiger partial charge is 0.377 e. The molecule has 0 saturated carbocycles. The molecule has 0 spiro atoms. The molecule has 0 bridgehead atoms. The van der Waals surface area contributed by atoms with E-state index >= 15 is 0 Å². The van der Waals surface area contributed by atoms with Crippen LogP contribution in [0.5, 0.6) is 0 Å². The van der Waals surface area contributed by atoms with E-state index in [1.165, 1.54) is 18.6 Å². The third-order valence-corrected chi connectivity index (χ3v) is 2.96. The molecule has 2 aromatic rings. The molecule has 1 amide bonds. The van der Waals surface area contributed by atoms with E-state index in [-0.39, 0.29) is 5.91 Å². The van der Waals surface area contributed by atoms with Crippen LogP contribution in [-0.4, -0.2) is 22.5 Å². The smallest absolute Gasteiger partial charge is 0.271 e. The number of nitrogens with one attached hydrogen (secondary N) is 1. The number of amides is 1. The SMILES string of the molecule is CCCOCc1ccccc1CNC(=O)c1cnccn1. The van der Waals surface area contributed by atoms with Gasteiger partial charge in [-0.25, -0.2) is 4.98 Å². The molecular formula is C16H19N3O2. The molecule has 0 unspecified atom stereocenters. The Hall–Kier alpha value is -2.27. The number of carbonyl (C=O) groups excluding carboxylic acids is 1. The molecule has 1 aromatic heterocycles. The molecule has 0 radical (unpaired) electrons. The third kappa shape index (κ3) is 4.65. The Kier molecular flexibility index (Phi) is 5.84. The average molecular weight is 285 g/mol. The van der Waals surface area contributed by atoms with Crippen molar-refractivity contribution in [2.45, 2.75) is 26.5 Å². The second-order valence-electron chi connectivity index (χ2n) is 4.59. The first kappa shape index (κ1) is 15.1. The third-order valence-electron chi connectivity index (χ3n) is 2.96. The zero-order valence-electron chi connectivity index (χ0n) is 12.1. The zero-order valence-corrected chi connectivity index (χ0v) is 12.1. The van der Waals surface area contributed by atoms with E-state index in [2.05, 4.69) is 22.2 Å². The van der Waals surface area contributed by atoms with Crippen molar-refractivity contribution in [1.29, 1.82) is 0 Å². The number of carbonyl (C=O) groups is 1. The van der Waals surface area contributed by atoms with Gasteiger partial charge in [0.2, 0.25) is 0 Å². The molecule has 0 aliphatic heterocycles. The maximum absolute atomic E-state index is 11.9. The Balaban J connectivity index is 1.95. The molecular weight excluding hydrogens is 266 g/mol. The minimum Gasteiger partial charge on any atom is -0.377 e. The van der Waals surface area contributed by atoms with E-state index in [1.807, 2.05) is 24.3 Å². The molecule has 0 aliphatic carbocycles. The molecule has 1 aromatic carbocycles. The van der Waals surface area contributed by atoms with Crippen molar-refractivity contribution >= 4 is 5.91 Å². The minimum atomic E-state index is -0.229. The summed E-state index contributed by atoms with van der Waals surface area (Å²) in [6.45, 7) is 3.82. The van der Waals surface area contributed by atoms with Crippen LogP contribution in [0.1, 0.15) is 35.0 Å². The number of hydrogen-bond acceptors (Lipinski definition) is 4. The lowest BCUT2D eigenvalue weighted by Crippen LogP contribution is -2.24. The summed E-state index contributed by atoms with van der Waals surface area (Å²) >= 11 is 0. The number of aromatic nitrogens is 2. The fourth-order valence-electron chi connectivity index (χ4n) is 1.88. The summed E-state index contributed by atoms with van der Waals surface area (Å²) in [6.07, 6.45) is 5.48. The molecule has 0 atom stereocenters. The Morgan fingerprint density at radius 1 is 1.24 bits per heavy atom. The standard InChI is InChI=1S/C16H19N3O2/c1-2-9-21-12-14-6-4-3-5-13(14)10-19-16(20)15-11-17-7-8-18-15/h3-8,11H,2,9-10,12H2,1H3,(H,19,20). The molecule has 5 nitrogen and oxygen atoms in total. The van der Waals surface area contributed by atoms with E-state index < -0.39 is 0 Å². The van der Waals surface area contributed by atoms with Crippen LogP contribution in [0, 0.1) is 0 Å². The zero-order chi connectivity index (χ0) is 14.9. The van der Waals surface area contributed by atoms with Gasteiger partial charge in [-0.15, -0.1) is 0 Å². The van der Waals surface area contributed by atoms with Crippen molar-refractivity contribution in [3.8, 4) is 0 Å². The van der Waals surface area contributed by atoms with E-state index in [4.69, 9.17) is 4.74 Å². The number of benzene rings is 1. The lowest BCUT2D eigenvalue weighted by Gasteiger charge is -2.10. The van der Waals surface area contributed by atoms with Gasteiger partial charge in [0.05, 0.1) is 12.8 Å². The highest BCUT2D eigenvalue weighted by atomic mass is 16.5. The summed E-state index contributed by atoms with van der Waals surface area (Å²) in [4.78, 5) is 19.8. The molecule has 1 heterocycles. The molecule has 5 heteroatoms. The summed E-state index contributed by atoms with van der Waals surface area (Å²) in [5.41, 5.74) is 2.45. The molecule has 1 N–H and O–H groups in total. The Bertz CT molecular complexity index is 573. The van der Waals surface area contributed by atoms with Gasteiger partial charge in [-0.3, -0.25) is 9.78 Å². The first-order valence-corrected chi connectivity index (χ1v) is 7.00. The summed E-state index contributed by atoms with van der Waals surface area (Å²) < 4.78 is 5.57. The predicted molar refractivity (Wildman–Crippen MR) is 79.6 cm³/mol. The van der Waals surface area contributed by atoms with Crippen LogP contribution in [0.25, 0.3) is 0 Å². The van der Waals surface area contributed by atoms with Crippen molar-refractivity contribution in [2.24, 2.45) is 0 Å².